The lowest BCUT2D eigenvalue weighted by Crippen LogP contribution is -2.50. The molecule has 2 rings (SSSR count). The summed E-state index contributed by atoms with van der Waals surface area (Å²) in [5.41, 5.74) is 0. The highest BCUT2D eigenvalue weighted by Gasteiger charge is 2.22. The number of rotatable bonds is 7. The minimum atomic E-state index is 0.563. The van der Waals surface area contributed by atoms with E-state index in [1.807, 2.05) is 7.05 Å². The maximum atomic E-state index is 4.47. The molecule has 5 nitrogen and oxygen atoms in total. The zero-order valence-electron chi connectivity index (χ0n) is 17.9. The van der Waals surface area contributed by atoms with E-state index in [0.29, 0.717) is 6.04 Å². The van der Waals surface area contributed by atoms with Gasteiger partial charge < -0.3 is 20.4 Å². The monoisotopic (exact) mass is 365 g/mol. The molecule has 2 heterocycles. The van der Waals surface area contributed by atoms with Gasteiger partial charge >= 0.3 is 0 Å². The van der Waals surface area contributed by atoms with E-state index in [9.17, 15) is 0 Å². The van der Waals surface area contributed by atoms with Gasteiger partial charge in [0.15, 0.2) is 5.96 Å². The summed E-state index contributed by atoms with van der Waals surface area (Å²) >= 11 is 0. The second kappa shape index (κ2) is 11.1. The van der Waals surface area contributed by atoms with Crippen molar-refractivity contribution in [1.82, 2.24) is 20.4 Å². The van der Waals surface area contributed by atoms with E-state index in [1.165, 1.54) is 65.0 Å². The summed E-state index contributed by atoms with van der Waals surface area (Å²) < 4.78 is 0. The van der Waals surface area contributed by atoms with E-state index in [2.05, 4.69) is 53.1 Å². The Morgan fingerprint density at radius 1 is 0.962 bits per heavy atom. The first kappa shape index (κ1) is 21.5. The number of nitrogens with zero attached hydrogens (tertiary/aromatic N) is 3. The zero-order valence-corrected chi connectivity index (χ0v) is 17.9. The van der Waals surface area contributed by atoms with Crippen LogP contribution in [0, 0.1) is 17.8 Å². The van der Waals surface area contributed by atoms with Crippen molar-refractivity contribution >= 4 is 5.96 Å². The third-order valence-corrected chi connectivity index (χ3v) is 5.56. The van der Waals surface area contributed by atoms with Crippen LogP contribution >= 0.6 is 0 Å². The Balaban J connectivity index is 1.68. The van der Waals surface area contributed by atoms with Crippen LogP contribution in [-0.4, -0.2) is 74.7 Å². The van der Waals surface area contributed by atoms with Crippen molar-refractivity contribution in [2.45, 2.75) is 59.4 Å². The molecule has 2 aliphatic rings. The first-order valence-corrected chi connectivity index (χ1v) is 10.9. The molecule has 2 fully saturated rings. The molecule has 2 aliphatic heterocycles. The number of hydrogen-bond acceptors (Lipinski definition) is 3. The van der Waals surface area contributed by atoms with Gasteiger partial charge in [0.1, 0.15) is 0 Å². The highest BCUT2D eigenvalue weighted by atomic mass is 15.2. The second-order valence-electron chi connectivity index (χ2n) is 9.23. The van der Waals surface area contributed by atoms with Crippen molar-refractivity contribution in [3.05, 3.63) is 0 Å². The lowest BCUT2D eigenvalue weighted by molar-refractivity contribution is 0.159. The molecule has 0 aliphatic carbocycles. The third kappa shape index (κ3) is 7.83. The predicted molar refractivity (Wildman–Crippen MR) is 113 cm³/mol. The Bertz CT molecular complexity index is 413. The summed E-state index contributed by atoms with van der Waals surface area (Å²) in [6, 6.07) is 0.563. The van der Waals surface area contributed by atoms with Crippen LogP contribution in [-0.2, 0) is 0 Å². The second-order valence-corrected chi connectivity index (χ2v) is 9.23. The quantitative estimate of drug-likeness (QED) is 0.538. The topological polar surface area (TPSA) is 42.9 Å². The molecule has 0 aromatic rings. The molecule has 0 aromatic carbocycles. The Kier molecular flexibility index (Phi) is 9.20. The molecule has 0 spiro atoms. The Morgan fingerprint density at radius 2 is 1.62 bits per heavy atom. The average molecular weight is 366 g/mol. The Morgan fingerprint density at radius 3 is 2.23 bits per heavy atom. The van der Waals surface area contributed by atoms with Crippen molar-refractivity contribution in [2.24, 2.45) is 22.7 Å². The predicted octanol–water partition coefficient (Wildman–Crippen LogP) is 2.64. The maximum absolute atomic E-state index is 4.47. The zero-order chi connectivity index (χ0) is 18.9. The van der Waals surface area contributed by atoms with Crippen molar-refractivity contribution < 1.29 is 0 Å². The molecule has 0 aromatic heterocycles. The fourth-order valence-electron chi connectivity index (χ4n) is 4.41. The molecule has 2 saturated heterocycles. The number of piperidine rings is 2. The van der Waals surface area contributed by atoms with E-state index in [-0.39, 0.29) is 0 Å². The molecule has 0 amide bonds. The van der Waals surface area contributed by atoms with Gasteiger partial charge in [0.25, 0.3) is 0 Å². The lowest BCUT2D eigenvalue weighted by atomic mass is 9.97. The van der Waals surface area contributed by atoms with Crippen LogP contribution in [0.15, 0.2) is 4.99 Å². The molecule has 152 valence electrons. The largest absolute Gasteiger partial charge is 0.356 e. The van der Waals surface area contributed by atoms with Gasteiger partial charge in [-0.25, -0.2) is 0 Å². The fourth-order valence-corrected chi connectivity index (χ4v) is 4.41. The van der Waals surface area contributed by atoms with Gasteiger partial charge in [-0.2, -0.15) is 0 Å². The highest BCUT2D eigenvalue weighted by Crippen LogP contribution is 2.17. The van der Waals surface area contributed by atoms with Crippen LogP contribution in [0.5, 0.6) is 0 Å². The molecular weight excluding hydrogens is 322 g/mol. The summed E-state index contributed by atoms with van der Waals surface area (Å²) in [4.78, 5) is 9.71. The smallest absolute Gasteiger partial charge is 0.191 e. The number of likely N-dealkylation sites (tertiary alicyclic amines) is 2. The van der Waals surface area contributed by atoms with Crippen molar-refractivity contribution in [2.75, 3.05) is 52.9 Å². The van der Waals surface area contributed by atoms with E-state index >= 15 is 0 Å². The normalized spacial score (nSPS) is 24.4. The summed E-state index contributed by atoms with van der Waals surface area (Å²) in [6.45, 7) is 17.7. The van der Waals surface area contributed by atoms with Gasteiger partial charge in [0.2, 0.25) is 0 Å². The average Bonchev–Trinajstić information content (AvgIpc) is 2.59. The standard InChI is InChI=1S/C21H43N5/c1-17(2)14-25-11-8-20(9-12-25)24-21(22-5)23-13-19-7-6-10-26(16-19)15-18(3)4/h17-20H,6-16H2,1-5H3,(H2,22,23,24). The summed E-state index contributed by atoms with van der Waals surface area (Å²) in [5, 5.41) is 7.26. The number of aliphatic imine (C=N–C) groups is 1. The first-order valence-electron chi connectivity index (χ1n) is 10.9. The minimum Gasteiger partial charge on any atom is -0.356 e. The van der Waals surface area contributed by atoms with Crippen LogP contribution in [0.1, 0.15) is 53.4 Å². The van der Waals surface area contributed by atoms with Gasteiger partial charge in [-0.1, -0.05) is 27.7 Å². The Labute approximate surface area is 162 Å². The molecule has 26 heavy (non-hydrogen) atoms. The summed E-state index contributed by atoms with van der Waals surface area (Å²) in [6.07, 6.45) is 5.11. The van der Waals surface area contributed by atoms with Crippen molar-refractivity contribution in [3.8, 4) is 0 Å². The van der Waals surface area contributed by atoms with Crippen molar-refractivity contribution in [1.29, 1.82) is 0 Å². The van der Waals surface area contributed by atoms with Crippen LogP contribution < -0.4 is 10.6 Å². The molecule has 0 radical (unpaired) electrons. The first-order chi connectivity index (χ1) is 12.5. The number of nitrogens with one attached hydrogen (secondary N) is 2. The number of hydrogen-bond donors (Lipinski definition) is 2. The van der Waals surface area contributed by atoms with Crippen LogP contribution in [0.2, 0.25) is 0 Å². The number of guanidine groups is 1. The van der Waals surface area contributed by atoms with Crippen LogP contribution in [0.3, 0.4) is 0 Å². The van der Waals surface area contributed by atoms with E-state index in [1.54, 1.807) is 0 Å². The van der Waals surface area contributed by atoms with Gasteiger partial charge in [0.05, 0.1) is 0 Å². The van der Waals surface area contributed by atoms with Crippen LogP contribution in [0.4, 0.5) is 0 Å². The van der Waals surface area contributed by atoms with E-state index < -0.39 is 0 Å². The third-order valence-electron chi connectivity index (χ3n) is 5.56. The fraction of sp³-hybridized carbons (Fsp3) is 0.952. The van der Waals surface area contributed by atoms with Crippen molar-refractivity contribution in [3.63, 3.8) is 0 Å². The van der Waals surface area contributed by atoms with E-state index in [4.69, 9.17) is 0 Å². The molecular formula is C21H43N5. The maximum Gasteiger partial charge on any atom is 0.191 e. The molecule has 1 unspecified atom stereocenters. The van der Waals surface area contributed by atoms with Crippen LogP contribution in [0.25, 0.3) is 0 Å². The lowest BCUT2D eigenvalue weighted by Gasteiger charge is -2.35. The van der Waals surface area contributed by atoms with E-state index in [0.717, 1.165) is 30.3 Å². The summed E-state index contributed by atoms with van der Waals surface area (Å²) in [5.74, 6) is 3.26. The molecule has 0 bridgehead atoms. The van der Waals surface area contributed by atoms with Gasteiger partial charge in [-0.3, -0.25) is 4.99 Å². The minimum absolute atomic E-state index is 0.563. The highest BCUT2D eigenvalue weighted by molar-refractivity contribution is 5.79. The van der Waals surface area contributed by atoms with Gasteiger partial charge in [-0.05, 0) is 50.0 Å². The summed E-state index contributed by atoms with van der Waals surface area (Å²) in [7, 11) is 1.90. The SMILES string of the molecule is CN=C(NCC1CCCN(CC(C)C)C1)NC1CCN(CC(C)C)CC1. The van der Waals surface area contributed by atoms with Gasteiger partial charge in [-0.15, -0.1) is 0 Å². The molecule has 1 atom stereocenters. The molecule has 2 N–H and O–H groups in total. The van der Waals surface area contributed by atoms with Gasteiger partial charge in [0, 0.05) is 52.4 Å². The molecule has 0 saturated carbocycles. The molecule has 5 heteroatoms. The Hall–Kier alpha value is -0.810.